The summed E-state index contributed by atoms with van der Waals surface area (Å²) in [5, 5.41) is 45.7. The molecule has 1 aliphatic carbocycles. The fourth-order valence-electron chi connectivity index (χ4n) is 2.12. The van der Waals surface area contributed by atoms with E-state index in [0.29, 0.717) is 11.0 Å². The molecular weight excluding hydrogens is 322 g/mol. The zero-order chi connectivity index (χ0) is 17.3. The van der Waals surface area contributed by atoms with Crippen molar-refractivity contribution in [1.82, 2.24) is 4.90 Å². The van der Waals surface area contributed by atoms with E-state index >= 15 is 0 Å². The summed E-state index contributed by atoms with van der Waals surface area (Å²) in [6, 6.07) is 8.41. The lowest BCUT2D eigenvalue weighted by Gasteiger charge is -2.30. The number of nitrogens with one attached hydrogen (secondary N) is 1. The summed E-state index contributed by atoms with van der Waals surface area (Å²) in [6.07, 6.45) is 0. The van der Waals surface area contributed by atoms with E-state index in [1.165, 1.54) is 43.5 Å². The number of fused-ring (bicyclic) bond motifs is 1. The van der Waals surface area contributed by atoms with Gasteiger partial charge >= 0.3 is 0 Å². The summed E-state index contributed by atoms with van der Waals surface area (Å²) in [4.78, 5) is 8.88. The molecule has 1 N–H and O–H groups in total. The molecule has 0 amide bonds. The molecule has 0 spiro atoms. The molecule has 1 heterocycles. The Morgan fingerprint density at radius 3 is 2.79 bits per heavy atom. The second-order valence-electron chi connectivity index (χ2n) is 4.62. The molecule has 11 heteroatoms. The van der Waals surface area contributed by atoms with E-state index in [9.17, 15) is 20.8 Å². The number of benzene rings is 2. The Morgan fingerprint density at radius 2 is 2.08 bits per heavy atom. The van der Waals surface area contributed by atoms with Crippen molar-refractivity contribution in [2.75, 3.05) is 17.8 Å². The van der Waals surface area contributed by atoms with Gasteiger partial charge in [0, 0.05) is 6.07 Å². The first-order valence-electron chi connectivity index (χ1n) is 6.55. The van der Waals surface area contributed by atoms with Crippen LogP contribution < -0.4 is 21.0 Å². The van der Waals surface area contributed by atoms with Crippen molar-refractivity contribution in [3.63, 3.8) is 0 Å². The quantitative estimate of drug-likeness (QED) is 0.552. The maximum atomic E-state index is 11.5. The molecule has 0 aromatic heterocycles. The van der Waals surface area contributed by atoms with Crippen LogP contribution in [0.15, 0.2) is 46.0 Å². The maximum Gasteiger partial charge on any atom is 0.225 e. The second-order valence-corrected chi connectivity index (χ2v) is 4.62. The van der Waals surface area contributed by atoms with E-state index < -0.39 is 0 Å². The van der Waals surface area contributed by atoms with Gasteiger partial charge < -0.3 is 31.5 Å². The molecule has 3 rings (SSSR count). The average molecular weight is 332 g/mol. The molecule has 1 aliphatic heterocycles. The number of rotatable bonds is 4. The first-order chi connectivity index (χ1) is 11.5. The van der Waals surface area contributed by atoms with Crippen LogP contribution in [0, 0.1) is 20.8 Å². The van der Waals surface area contributed by atoms with Gasteiger partial charge in [-0.25, -0.2) is 4.99 Å². The summed E-state index contributed by atoms with van der Waals surface area (Å²) in [7, 11) is 1.17. The van der Waals surface area contributed by atoms with Crippen molar-refractivity contribution in [2.45, 2.75) is 0 Å². The van der Waals surface area contributed by atoms with Crippen molar-refractivity contribution in [2.24, 2.45) is 4.99 Å². The van der Waals surface area contributed by atoms with Gasteiger partial charge in [-0.15, -0.1) is 0 Å². The minimum absolute atomic E-state index is 0.00941. The van der Waals surface area contributed by atoms with Crippen molar-refractivity contribution in [3.05, 3.63) is 62.6 Å². The molecular formula is C13H10N5O6-3. The molecule has 0 radical (unpaired) electrons. The standard InChI is InChI=1S/C13H10N5O6/c1-23-16(20)11-4-2-8(6-10(11)15-19)14-9-3-5-12-13(7-9)18(22)24-17(12)21/h2-7,15H,1H3/q-3. The molecule has 0 fully saturated rings. The Hall–Kier alpha value is -3.28. The van der Waals surface area contributed by atoms with Gasteiger partial charge in [-0.05, 0) is 40.1 Å². The molecule has 1 aromatic rings. The molecule has 0 atom stereocenters. The van der Waals surface area contributed by atoms with Crippen LogP contribution in [0.2, 0.25) is 0 Å². The molecule has 11 nitrogen and oxygen atoms in total. The number of hydrogen-bond acceptors (Lipinski definition) is 9. The van der Waals surface area contributed by atoms with Crippen LogP contribution in [0.25, 0.3) is 11.4 Å². The molecule has 2 aliphatic rings. The monoisotopic (exact) mass is 332 g/mol. The van der Waals surface area contributed by atoms with Crippen LogP contribution in [-0.2, 0) is 4.84 Å². The molecule has 0 saturated carbocycles. The first kappa shape index (κ1) is 15.6. The molecule has 0 unspecified atom stereocenters. The van der Waals surface area contributed by atoms with E-state index in [-0.39, 0.29) is 37.8 Å². The largest absolute Gasteiger partial charge is 0.761 e. The van der Waals surface area contributed by atoms with Crippen LogP contribution in [0.1, 0.15) is 0 Å². The third-order valence-electron chi connectivity index (χ3n) is 3.21. The molecule has 0 saturated heterocycles. The predicted octanol–water partition coefficient (Wildman–Crippen LogP) is 1.17. The van der Waals surface area contributed by atoms with Crippen LogP contribution in [-0.4, -0.2) is 12.0 Å². The molecule has 24 heavy (non-hydrogen) atoms. The van der Waals surface area contributed by atoms with E-state index in [1.807, 2.05) is 0 Å². The van der Waals surface area contributed by atoms with Crippen LogP contribution in [0.5, 0.6) is 0 Å². The molecule has 0 bridgehead atoms. The number of hydrogen-bond donors (Lipinski definition) is 1. The van der Waals surface area contributed by atoms with Gasteiger partial charge in [0.25, 0.3) is 0 Å². The normalized spacial score (nSPS) is 11.9. The van der Waals surface area contributed by atoms with E-state index in [2.05, 4.69) is 14.5 Å². The lowest BCUT2D eigenvalue weighted by molar-refractivity contribution is -0.796. The lowest BCUT2D eigenvalue weighted by Crippen LogP contribution is -2.24. The van der Waals surface area contributed by atoms with Gasteiger partial charge in [-0.3, -0.25) is 9.47 Å². The number of nitrogens with zero attached hydrogens (tertiary/aromatic N) is 4. The third kappa shape index (κ3) is 2.69. The number of anilines is 2. The second kappa shape index (κ2) is 6.08. The predicted molar refractivity (Wildman–Crippen MR) is 82.6 cm³/mol. The summed E-state index contributed by atoms with van der Waals surface area (Å²) in [6.45, 7) is 0. The van der Waals surface area contributed by atoms with E-state index in [4.69, 9.17) is 0 Å². The summed E-state index contributed by atoms with van der Waals surface area (Å²) in [5.41, 5.74) is 2.00. The maximum absolute atomic E-state index is 11.5. The van der Waals surface area contributed by atoms with E-state index in [0.717, 1.165) is 0 Å². The van der Waals surface area contributed by atoms with Gasteiger partial charge in [0.05, 0.1) is 29.5 Å². The highest BCUT2D eigenvalue weighted by Gasteiger charge is 2.18. The van der Waals surface area contributed by atoms with Gasteiger partial charge in [0.2, 0.25) is 11.4 Å². The highest BCUT2D eigenvalue weighted by Crippen LogP contribution is 2.29. The Morgan fingerprint density at radius 1 is 1.29 bits per heavy atom. The van der Waals surface area contributed by atoms with Crippen molar-refractivity contribution in [3.8, 4) is 11.4 Å². The fourth-order valence-corrected chi connectivity index (χ4v) is 2.12. The van der Waals surface area contributed by atoms with E-state index in [1.54, 1.807) is 5.48 Å². The van der Waals surface area contributed by atoms with Gasteiger partial charge in [-0.1, -0.05) is 0 Å². The first-order valence-corrected chi connectivity index (χ1v) is 6.55. The molecule has 126 valence electrons. The lowest BCUT2D eigenvalue weighted by atomic mass is 10.2. The van der Waals surface area contributed by atoms with Crippen LogP contribution >= 0.6 is 0 Å². The highest BCUT2D eigenvalue weighted by molar-refractivity contribution is 5.73. The van der Waals surface area contributed by atoms with Crippen LogP contribution in [0.4, 0.5) is 17.1 Å². The Labute approximate surface area is 134 Å². The topological polar surface area (TPSA) is 151 Å². The minimum Gasteiger partial charge on any atom is -0.761 e. The summed E-state index contributed by atoms with van der Waals surface area (Å²) in [5.74, 6) is 0. The number of aromatic nitrogens is 2. The average Bonchev–Trinajstić information content (AvgIpc) is 2.88. The third-order valence-corrected chi connectivity index (χ3v) is 3.21. The minimum atomic E-state index is -0.0335. The van der Waals surface area contributed by atoms with Gasteiger partial charge in [-0.2, -0.15) is 0 Å². The molecule has 1 aromatic carbocycles. The van der Waals surface area contributed by atoms with Crippen molar-refractivity contribution in [1.29, 1.82) is 0 Å². The Bertz CT molecular complexity index is 904. The van der Waals surface area contributed by atoms with Crippen molar-refractivity contribution >= 4 is 17.1 Å². The fraction of sp³-hybridized carbons (Fsp3) is 0.0769. The Balaban J connectivity index is 2.05. The van der Waals surface area contributed by atoms with Crippen molar-refractivity contribution < 1.29 is 14.4 Å². The SMILES string of the molecule is CON([O-])c1ccc(N=c2ccc3[n+]([O-])on([O-])c-3c2)cc1N[O-]. The Kier molecular flexibility index (Phi) is 3.95. The summed E-state index contributed by atoms with van der Waals surface area (Å²) >= 11 is 0. The van der Waals surface area contributed by atoms with Crippen LogP contribution in [0.3, 0.4) is 0 Å². The zero-order valence-electron chi connectivity index (χ0n) is 12.2. The summed E-state index contributed by atoms with van der Waals surface area (Å²) < 4.78 is 4.34. The smallest absolute Gasteiger partial charge is 0.225 e. The van der Waals surface area contributed by atoms with Gasteiger partial charge in [0.15, 0.2) is 0 Å². The highest BCUT2D eigenvalue weighted by atomic mass is 16.9. The zero-order valence-corrected chi connectivity index (χ0v) is 12.2. The van der Waals surface area contributed by atoms with Gasteiger partial charge in [0.1, 0.15) is 0 Å².